The van der Waals surface area contributed by atoms with E-state index in [1.807, 2.05) is 6.07 Å². The van der Waals surface area contributed by atoms with E-state index < -0.39 is 0 Å². The SMILES string of the molecule is CC(C)c1nccc2nn(C(C)C)nc12. The van der Waals surface area contributed by atoms with Gasteiger partial charge in [-0.15, -0.1) is 0 Å². The molecule has 0 N–H and O–H groups in total. The summed E-state index contributed by atoms with van der Waals surface area (Å²) in [5.41, 5.74) is 2.89. The fourth-order valence-electron chi connectivity index (χ4n) is 1.53. The summed E-state index contributed by atoms with van der Waals surface area (Å²) in [6, 6.07) is 2.20. The quantitative estimate of drug-likeness (QED) is 0.755. The lowest BCUT2D eigenvalue weighted by molar-refractivity contribution is 0.472. The fourth-order valence-corrected chi connectivity index (χ4v) is 1.53. The highest BCUT2D eigenvalue weighted by Gasteiger charge is 2.12. The molecule has 4 heteroatoms. The van der Waals surface area contributed by atoms with E-state index in [1.54, 1.807) is 11.0 Å². The first-order valence-corrected chi connectivity index (χ1v) is 5.31. The second-order valence-corrected chi connectivity index (χ2v) is 4.33. The van der Waals surface area contributed by atoms with Gasteiger partial charge < -0.3 is 0 Å². The predicted molar refractivity (Wildman–Crippen MR) is 59.8 cm³/mol. The van der Waals surface area contributed by atoms with Crippen LogP contribution in [0.5, 0.6) is 0 Å². The first-order chi connectivity index (χ1) is 7.09. The van der Waals surface area contributed by atoms with Crippen LogP contribution in [0.2, 0.25) is 0 Å². The van der Waals surface area contributed by atoms with Crippen LogP contribution in [0.25, 0.3) is 11.0 Å². The van der Waals surface area contributed by atoms with Crippen LogP contribution < -0.4 is 0 Å². The van der Waals surface area contributed by atoms with Crippen molar-refractivity contribution in [2.24, 2.45) is 0 Å². The lowest BCUT2D eigenvalue weighted by atomic mass is 10.1. The van der Waals surface area contributed by atoms with Gasteiger partial charge in [0.15, 0.2) is 0 Å². The predicted octanol–water partition coefficient (Wildman–Crippen LogP) is 2.53. The van der Waals surface area contributed by atoms with Crippen LogP contribution in [0.15, 0.2) is 12.3 Å². The van der Waals surface area contributed by atoms with Gasteiger partial charge in [-0.25, -0.2) is 0 Å². The number of hydrogen-bond donors (Lipinski definition) is 0. The molecule has 2 heterocycles. The molecular weight excluding hydrogens is 188 g/mol. The summed E-state index contributed by atoms with van der Waals surface area (Å²) in [6.07, 6.45) is 1.80. The van der Waals surface area contributed by atoms with Crippen LogP contribution in [0, 0.1) is 0 Å². The third-order valence-corrected chi connectivity index (χ3v) is 2.35. The average molecular weight is 204 g/mol. The molecular formula is C11H16N4. The van der Waals surface area contributed by atoms with Crippen LogP contribution in [-0.2, 0) is 0 Å². The minimum atomic E-state index is 0.289. The van der Waals surface area contributed by atoms with Crippen molar-refractivity contribution in [3.8, 4) is 0 Å². The van der Waals surface area contributed by atoms with Gasteiger partial charge in [-0.2, -0.15) is 15.0 Å². The standard InChI is InChI=1S/C11H16N4/c1-7(2)10-11-9(5-6-12-10)13-15(14-11)8(3)4/h5-8H,1-4H3. The number of rotatable bonds is 2. The highest BCUT2D eigenvalue weighted by Crippen LogP contribution is 2.20. The lowest BCUT2D eigenvalue weighted by Crippen LogP contribution is -2.04. The Morgan fingerprint density at radius 3 is 2.47 bits per heavy atom. The van der Waals surface area contributed by atoms with Crippen molar-refractivity contribution < 1.29 is 0 Å². The lowest BCUT2D eigenvalue weighted by Gasteiger charge is -2.03. The molecule has 2 rings (SSSR count). The van der Waals surface area contributed by atoms with E-state index in [0.717, 1.165) is 16.7 Å². The summed E-state index contributed by atoms with van der Waals surface area (Å²) >= 11 is 0. The van der Waals surface area contributed by atoms with Crippen molar-refractivity contribution >= 4 is 11.0 Å². The molecule has 0 aliphatic rings. The molecule has 0 aliphatic heterocycles. The molecule has 0 bridgehead atoms. The van der Waals surface area contributed by atoms with Crippen molar-refractivity contribution in [3.63, 3.8) is 0 Å². The van der Waals surface area contributed by atoms with Crippen molar-refractivity contribution in [2.45, 2.75) is 39.7 Å². The summed E-state index contributed by atoms with van der Waals surface area (Å²) in [5.74, 6) is 0.381. The first-order valence-electron chi connectivity index (χ1n) is 5.31. The Morgan fingerprint density at radius 2 is 1.87 bits per heavy atom. The van der Waals surface area contributed by atoms with Gasteiger partial charge in [-0.3, -0.25) is 4.98 Å². The second-order valence-electron chi connectivity index (χ2n) is 4.33. The summed E-state index contributed by atoms with van der Waals surface area (Å²) < 4.78 is 0. The molecule has 0 spiro atoms. The maximum absolute atomic E-state index is 4.48. The number of nitrogens with zero attached hydrogens (tertiary/aromatic N) is 4. The van der Waals surface area contributed by atoms with Crippen LogP contribution in [0.3, 0.4) is 0 Å². The first kappa shape index (κ1) is 10.1. The van der Waals surface area contributed by atoms with Crippen molar-refractivity contribution in [3.05, 3.63) is 18.0 Å². The Morgan fingerprint density at radius 1 is 1.13 bits per heavy atom. The summed E-state index contributed by atoms with van der Waals surface area (Å²) in [4.78, 5) is 6.11. The highest BCUT2D eigenvalue weighted by atomic mass is 15.5. The topological polar surface area (TPSA) is 43.6 Å². The van der Waals surface area contributed by atoms with E-state index in [4.69, 9.17) is 0 Å². The van der Waals surface area contributed by atoms with E-state index >= 15 is 0 Å². The van der Waals surface area contributed by atoms with Crippen LogP contribution in [0.1, 0.15) is 45.3 Å². The Bertz CT molecular complexity index is 470. The van der Waals surface area contributed by atoms with E-state index in [9.17, 15) is 0 Å². The van der Waals surface area contributed by atoms with E-state index in [1.165, 1.54) is 0 Å². The largest absolute Gasteiger partial charge is 0.259 e. The van der Waals surface area contributed by atoms with E-state index in [0.29, 0.717) is 5.92 Å². The minimum absolute atomic E-state index is 0.289. The monoisotopic (exact) mass is 204 g/mol. The van der Waals surface area contributed by atoms with Gasteiger partial charge in [-0.05, 0) is 25.8 Å². The molecule has 0 atom stereocenters. The van der Waals surface area contributed by atoms with Crippen LogP contribution in [-0.4, -0.2) is 20.0 Å². The maximum atomic E-state index is 4.48. The molecule has 0 fully saturated rings. The highest BCUT2D eigenvalue weighted by molar-refractivity contribution is 5.76. The molecule has 0 radical (unpaired) electrons. The molecule has 0 unspecified atom stereocenters. The third-order valence-electron chi connectivity index (χ3n) is 2.35. The summed E-state index contributed by atoms with van der Waals surface area (Å²) in [5, 5.41) is 8.90. The number of fused-ring (bicyclic) bond motifs is 1. The Balaban J connectivity index is 2.64. The molecule has 4 nitrogen and oxygen atoms in total. The molecule has 2 aromatic rings. The Hall–Kier alpha value is -1.45. The minimum Gasteiger partial charge on any atom is -0.259 e. The summed E-state index contributed by atoms with van der Waals surface area (Å²) in [6.45, 7) is 8.38. The molecule has 2 aromatic heterocycles. The van der Waals surface area contributed by atoms with Gasteiger partial charge >= 0.3 is 0 Å². The van der Waals surface area contributed by atoms with Crippen LogP contribution >= 0.6 is 0 Å². The Labute approximate surface area is 89.3 Å². The van der Waals surface area contributed by atoms with Crippen molar-refractivity contribution in [2.75, 3.05) is 0 Å². The molecule has 0 aromatic carbocycles. The number of hydrogen-bond acceptors (Lipinski definition) is 3. The van der Waals surface area contributed by atoms with Gasteiger partial charge in [0.1, 0.15) is 11.0 Å². The van der Waals surface area contributed by atoms with E-state index in [2.05, 4.69) is 42.9 Å². The zero-order valence-electron chi connectivity index (χ0n) is 9.60. The Kier molecular flexibility index (Phi) is 2.42. The molecule has 0 amide bonds. The smallest absolute Gasteiger partial charge is 0.134 e. The molecule has 0 saturated heterocycles. The normalized spacial score (nSPS) is 11.9. The third kappa shape index (κ3) is 1.71. The van der Waals surface area contributed by atoms with E-state index in [-0.39, 0.29) is 6.04 Å². The molecule has 15 heavy (non-hydrogen) atoms. The van der Waals surface area contributed by atoms with Gasteiger partial charge in [0, 0.05) is 6.20 Å². The summed E-state index contributed by atoms with van der Waals surface area (Å²) in [7, 11) is 0. The number of aromatic nitrogens is 4. The molecule has 80 valence electrons. The van der Waals surface area contributed by atoms with Gasteiger partial charge in [0.25, 0.3) is 0 Å². The van der Waals surface area contributed by atoms with Gasteiger partial charge in [-0.1, -0.05) is 13.8 Å². The van der Waals surface area contributed by atoms with Gasteiger partial charge in [0.2, 0.25) is 0 Å². The van der Waals surface area contributed by atoms with Crippen molar-refractivity contribution in [1.29, 1.82) is 0 Å². The molecule has 0 saturated carbocycles. The van der Waals surface area contributed by atoms with Gasteiger partial charge in [0.05, 0.1) is 11.7 Å². The van der Waals surface area contributed by atoms with Crippen LogP contribution in [0.4, 0.5) is 0 Å². The second kappa shape index (κ2) is 3.61. The van der Waals surface area contributed by atoms with Crippen molar-refractivity contribution in [1.82, 2.24) is 20.0 Å². The number of pyridine rings is 1. The average Bonchev–Trinajstić information content (AvgIpc) is 2.60. The molecule has 0 aliphatic carbocycles. The fraction of sp³-hybridized carbons (Fsp3) is 0.545. The zero-order chi connectivity index (χ0) is 11.0. The zero-order valence-corrected chi connectivity index (χ0v) is 9.60. The maximum Gasteiger partial charge on any atom is 0.134 e.